The lowest BCUT2D eigenvalue weighted by atomic mass is 9.81. The Bertz CT molecular complexity index is 427. The molecule has 1 aliphatic heterocycles. The van der Waals surface area contributed by atoms with E-state index in [1.165, 1.54) is 4.90 Å². The first-order chi connectivity index (χ1) is 8.59. The number of imide groups is 1. The summed E-state index contributed by atoms with van der Waals surface area (Å²) in [6.07, 6.45) is 0.281. The van der Waals surface area contributed by atoms with Gasteiger partial charge in [-0.15, -0.1) is 0 Å². The van der Waals surface area contributed by atoms with Crippen LogP contribution in [-0.2, 0) is 15.0 Å². The van der Waals surface area contributed by atoms with E-state index in [1.807, 2.05) is 58.0 Å². The van der Waals surface area contributed by atoms with E-state index in [-0.39, 0.29) is 18.2 Å². The number of rotatable bonds is 2. The third-order valence-corrected chi connectivity index (χ3v) is 3.25. The highest BCUT2D eigenvalue weighted by atomic mass is 16.2. The van der Waals surface area contributed by atoms with Crippen molar-refractivity contribution in [1.82, 2.24) is 4.90 Å². The highest BCUT2D eigenvalue weighted by molar-refractivity contribution is 6.08. The fourth-order valence-corrected chi connectivity index (χ4v) is 2.24. The Labute approximate surface area is 109 Å². The van der Waals surface area contributed by atoms with E-state index in [1.54, 1.807) is 0 Å². The summed E-state index contributed by atoms with van der Waals surface area (Å²) < 4.78 is 0. The number of carbonyl (C=O) groups is 2. The van der Waals surface area contributed by atoms with Crippen molar-refractivity contribution in [3.05, 3.63) is 35.9 Å². The molecule has 98 valence electrons. The Morgan fingerprint density at radius 3 is 2.17 bits per heavy atom. The SMILES string of the molecule is CC.CCN1C(=O)CC(C)(c2ccccc2)C1=O. The Balaban J connectivity index is 0.000000771. The summed E-state index contributed by atoms with van der Waals surface area (Å²) in [6.45, 7) is 8.13. The van der Waals surface area contributed by atoms with Crippen molar-refractivity contribution in [3.63, 3.8) is 0 Å². The van der Waals surface area contributed by atoms with Crippen LogP contribution in [0.3, 0.4) is 0 Å². The third kappa shape index (κ3) is 2.30. The molecule has 1 unspecified atom stereocenters. The maximum Gasteiger partial charge on any atom is 0.240 e. The number of hydrogen-bond acceptors (Lipinski definition) is 2. The monoisotopic (exact) mass is 247 g/mol. The van der Waals surface area contributed by atoms with E-state index in [9.17, 15) is 9.59 Å². The summed E-state index contributed by atoms with van der Waals surface area (Å²) >= 11 is 0. The van der Waals surface area contributed by atoms with Gasteiger partial charge in [-0.05, 0) is 19.4 Å². The summed E-state index contributed by atoms with van der Waals surface area (Å²) in [6, 6.07) is 9.51. The molecule has 1 aromatic carbocycles. The van der Waals surface area contributed by atoms with Crippen molar-refractivity contribution in [2.75, 3.05) is 6.54 Å². The number of benzene rings is 1. The van der Waals surface area contributed by atoms with Gasteiger partial charge in [0, 0.05) is 13.0 Å². The second-order valence-electron chi connectivity index (χ2n) is 4.32. The molecule has 0 radical (unpaired) electrons. The Morgan fingerprint density at radius 1 is 1.17 bits per heavy atom. The fraction of sp³-hybridized carbons (Fsp3) is 0.467. The van der Waals surface area contributed by atoms with E-state index in [0.717, 1.165) is 5.56 Å². The van der Waals surface area contributed by atoms with Gasteiger partial charge in [0.05, 0.1) is 5.41 Å². The fourth-order valence-electron chi connectivity index (χ4n) is 2.24. The quantitative estimate of drug-likeness (QED) is 0.754. The van der Waals surface area contributed by atoms with Crippen molar-refractivity contribution in [1.29, 1.82) is 0 Å². The minimum Gasteiger partial charge on any atom is -0.282 e. The number of amides is 2. The van der Waals surface area contributed by atoms with Gasteiger partial charge in [-0.1, -0.05) is 44.2 Å². The molecule has 0 aliphatic carbocycles. The molecule has 2 amide bonds. The van der Waals surface area contributed by atoms with Gasteiger partial charge in [-0.3, -0.25) is 14.5 Å². The number of nitrogens with zero attached hydrogens (tertiary/aromatic N) is 1. The molecular formula is C15H21NO2. The van der Waals surface area contributed by atoms with Crippen LogP contribution < -0.4 is 0 Å². The van der Waals surface area contributed by atoms with Crippen molar-refractivity contribution in [2.45, 2.75) is 39.5 Å². The average molecular weight is 247 g/mol. The first-order valence-corrected chi connectivity index (χ1v) is 6.50. The van der Waals surface area contributed by atoms with E-state index in [0.29, 0.717) is 6.54 Å². The normalized spacial score (nSPS) is 22.8. The van der Waals surface area contributed by atoms with Crippen molar-refractivity contribution in [3.8, 4) is 0 Å². The van der Waals surface area contributed by atoms with Gasteiger partial charge in [0.2, 0.25) is 11.8 Å². The summed E-state index contributed by atoms with van der Waals surface area (Å²) in [5.74, 6) is -0.148. The zero-order valence-electron chi connectivity index (χ0n) is 11.6. The molecule has 1 atom stereocenters. The topological polar surface area (TPSA) is 37.4 Å². The molecule has 1 fully saturated rings. The molecule has 1 saturated heterocycles. The second kappa shape index (κ2) is 5.80. The number of hydrogen-bond donors (Lipinski definition) is 0. The van der Waals surface area contributed by atoms with Crippen LogP contribution in [0.25, 0.3) is 0 Å². The van der Waals surface area contributed by atoms with Crippen LogP contribution in [0, 0.1) is 0 Å². The maximum absolute atomic E-state index is 12.2. The standard InChI is InChI=1S/C13H15NO2.C2H6/c1-3-14-11(15)9-13(2,12(14)16)10-7-5-4-6-8-10;1-2/h4-8H,3,9H2,1-2H3;1-2H3. The number of likely N-dealkylation sites (N-methyl/N-ethyl adjacent to an activating group) is 1. The predicted octanol–water partition coefficient (Wildman–Crippen LogP) is 2.75. The van der Waals surface area contributed by atoms with Gasteiger partial charge in [0.15, 0.2) is 0 Å². The van der Waals surface area contributed by atoms with Crippen LogP contribution in [0.15, 0.2) is 30.3 Å². The minimum atomic E-state index is -0.672. The second-order valence-corrected chi connectivity index (χ2v) is 4.32. The summed E-state index contributed by atoms with van der Waals surface area (Å²) in [5.41, 5.74) is 0.248. The van der Waals surface area contributed by atoms with Crippen molar-refractivity contribution < 1.29 is 9.59 Å². The van der Waals surface area contributed by atoms with Crippen LogP contribution in [-0.4, -0.2) is 23.3 Å². The van der Waals surface area contributed by atoms with Crippen molar-refractivity contribution >= 4 is 11.8 Å². The van der Waals surface area contributed by atoms with Crippen molar-refractivity contribution in [2.24, 2.45) is 0 Å². The van der Waals surface area contributed by atoms with Crippen LogP contribution in [0.1, 0.15) is 39.7 Å². The molecule has 3 heteroatoms. The first kappa shape index (κ1) is 14.4. The van der Waals surface area contributed by atoms with Gasteiger partial charge >= 0.3 is 0 Å². The molecule has 0 aromatic heterocycles. The molecule has 3 nitrogen and oxygen atoms in total. The molecule has 18 heavy (non-hydrogen) atoms. The molecule has 1 aromatic rings. The highest BCUT2D eigenvalue weighted by Gasteiger charge is 2.48. The minimum absolute atomic E-state index is 0.0705. The predicted molar refractivity (Wildman–Crippen MR) is 72.2 cm³/mol. The molecule has 2 rings (SSSR count). The van der Waals surface area contributed by atoms with Crippen LogP contribution in [0.5, 0.6) is 0 Å². The van der Waals surface area contributed by atoms with Crippen LogP contribution in [0.4, 0.5) is 0 Å². The molecule has 0 N–H and O–H groups in total. The number of likely N-dealkylation sites (tertiary alicyclic amines) is 1. The van der Waals surface area contributed by atoms with Gasteiger partial charge < -0.3 is 0 Å². The molecule has 1 aliphatic rings. The Morgan fingerprint density at radius 2 is 1.72 bits per heavy atom. The largest absolute Gasteiger partial charge is 0.282 e. The van der Waals surface area contributed by atoms with Crippen LogP contribution in [0.2, 0.25) is 0 Å². The summed E-state index contributed by atoms with van der Waals surface area (Å²) in [7, 11) is 0. The van der Waals surface area contributed by atoms with E-state index in [2.05, 4.69) is 0 Å². The molecule has 1 heterocycles. The highest BCUT2D eigenvalue weighted by Crippen LogP contribution is 2.35. The van der Waals surface area contributed by atoms with E-state index in [4.69, 9.17) is 0 Å². The van der Waals surface area contributed by atoms with Gasteiger partial charge in [-0.2, -0.15) is 0 Å². The zero-order valence-corrected chi connectivity index (χ0v) is 11.6. The first-order valence-electron chi connectivity index (χ1n) is 6.50. The average Bonchev–Trinajstić information content (AvgIpc) is 2.64. The Hall–Kier alpha value is -1.64. The summed E-state index contributed by atoms with van der Waals surface area (Å²) in [5, 5.41) is 0. The van der Waals surface area contributed by atoms with Crippen LogP contribution >= 0.6 is 0 Å². The molecule has 0 saturated carbocycles. The summed E-state index contributed by atoms with van der Waals surface area (Å²) in [4.78, 5) is 25.2. The molecule has 0 spiro atoms. The Kier molecular flexibility index (Phi) is 4.65. The molecule has 0 bridgehead atoms. The van der Waals surface area contributed by atoms with Gasteiger partial charge in [0.25, 0.3) is 0 Å². The molecular weight excluding hydrogens is 226 g/mol. The third-order valence-electron chi connectivity index (χ3n) is 3.25. The zero-order chi connectivity index (χ0) is 13.8. The number of carbonyl (C=O) groups excluding carboxylic acids is 2. The lowest BCUT2D eigenvalue weighted by Crippen LogP contribution is -2.36. The van der Waals surface area contributed by atoms with E-state index < -0.39 is 5.41 Å². The smallest absolute Gasteiger partial charge is 0.240 e. The van der Waals surface area contributed by atoms with E-state index >= 15 is 0 Å². The van der Waals surface area contributed by atoms with Gasteiger partial charge in [0.1, 0.15) is 0 Å². The lowest BCUT2D eigenvalue weighted by molar-refractivity contribution is -0.139. The van der Waals surface area contributed by atoms with Gasteiger partial charge in [-0.25, -0.2) is 0 Å². The lowest BCUT2D eigenvalue weighted by Gasteiger charge is -2.21. The maximum atomic E-state index is 12.2.